The third-order valence-corrected chi connectivity index (χ3v) is 2.84. The number of alkyl halides is 5. The second kappa shape index (κ2) is 3.86. The normalized spacial score (nSPS) is 18.2. The summed E-state index contributed by atoms with van der Waals surface area (Å²) in [6, 6.07) is 0. The number of aromatic nitrogens is 2. The fraction of sp³-hybridized carbons (Fsp3) is 0.636. The molecule has 1 aromatic heterocycles. The molecule has 1 aliphatic rings. The van der Waals surface area contributed by atoms with Crippen molar-refractivity contribution in [3.63, 3.8) is 0 Å². The van der Waals surface area contributed by atoms with Gasteiger partial charge in [-0.15, -0.1) is 0 Å². The lowest BCUT2D eigenvalue weighted by Gasteiger charge is -2.15. The molecule has 0 fully saturated rings. The Balaban J connectivity index is 2.69. The lowest BCUT2D eigenvalue weighted by Crippen LogP contribution is -2.19. The molecule has 0 unspecified atom stereocenters. The van der Waals surface area contributed by atoms with E-state index in [0.29, 0.717) is 0 Å². The van der Waals surface area contributed by atoms with Crippen LogP contribution >= 0.6 is 0 Å². The molecule has 0 radical (unpaired) electrons. The van der Waals surface area contributed by atoms with Crippen molar-refractivity contribution < 1.29 is 22.0 Å². The second-order valence-corrected chi connectivity index (χ2v) is 4.61. The van der Waals surface area contributed by atoms with E-state index < -0.39 is 41.4 Å². The number of halogens is 5. The van der Waals surface area contributed by atoms with E-state index in [4.69, 9.17) is 0 Å². The van der Waals surface area contributed by atoms with E-state index in [1.165, 1.54) is 0 Å². The van der Waals surface area contributed by atoms with Crippen LogP contribution in [0, 0.1) is 0 Å². The Morgan fingerprint density at radius 1 is 1.17 bits per heavy atom. The van der Waals surface area contributed by atoms with E-state index in [0.717, 1.165) is 0 Å². The molecule has 2 nitrogen and oxygen atoms in total. The van der Waals surface area contributed by atoms with Gasteiger partial charge in [0.15, 0.2) is 5.69 Å². The summed E-state index contributed by atoms with van der Waals surface area (Å²) in [5.74, 6) is -3.92. The van der Waals surface area contributed by atoms with Gasteiger partial charge in [-0.25, -0.2) is 9.97 Å². The summed E-state index contributed by atoms with van der Waals surface area (Å²) in [5.41, 5.74) is -2.43. The van der Waals surface area contributed by atoms with Crippen molar-refractivity contribution in [3.05, 3.63) is 22.8 Å². The van der Waals surface area contributed by atoms with Gasteiger partial charge in [0, 0.05) is 17.9 Å². The number of hydrogen-bond acceptors (Lipinski definition) is 2. The average Bonchev–Trinajstić information content (AvgIpc) is 2.52. The van der Waals surface area contributed by atoms with Crippen LogP contribution in [-0.2, 0) is 18.5 Å². The number of nitrogens with zero attached hydrogens (tertiary/aromatic N) is 2. The third kappa shape index (κ3) is 2.06. The van der Waals surface area contributed by atoms with Crippen molar-refractivity contribution in [2.75, 3.05) is 0 Å². The van der Waals surface area contributed by atoms with Crippen LogP contribution in [0.4, 0.5) is 22.0 Å². The maximum absolute atomic E-state index is 13.5. The summed E-state index contributed by atoms with van der Waals surface area (Å²) < 4.78 is 65.4. The van der Waals surface area contributed by atoms with Crippen LogP contribution in [0.1, 0.15) is 49.0 Å². The molecule has 18 heavy (non-hydrogen) atoms. The summed E-state index contributed by atoms with van der Waals surface area (Å²) >= 11 is 0. The van der Waals surface area contributed by atoms with E-state index in [1.54, 1.807) is 13.8 Å². The highest BCUT2D eigenvalue weighted by Crippen LogP contribution is 2.45. The van der Waals surface area contributed by atoms with Crippen LogP contribution in [0.15, 0.2) is 0 Å². The van der Waals surface area contributed by atoms with Gasteiger partial charge in [-0.3, -0.25) is 0 Å². The fourth-order valence-corrected chi connectivity index (χ4v) is 1.93. The van der Waals surface area contributed by atoms with Gasteiger partial charge in [0.1, 0.15) is 11.5 Å². The first-order valence-electron chi connectivity index (χ1n) is 5.49. The molecule has 0 amide bonds. The molecule has 100 valence electrons. The first-order valence-corrected chi connectivity index (χ1v) is 5.49. The van der Waals surface area contributed by atoms with E-state index >= 15 is 0 Å². The molecule has 0 spiro atoms. The van der Waals surface area contributed by atoms with Crippen LogP contribution < -0.4 is 0 Å². The van der Waals surface area contributed by atoms with E-state index in [2.05, 4.69) is 9.97 Å². The second-order valence-electron chi connectivity index (χ2n) is 4.61. The monoisotopic (exact) mass is 266 g/mol. The highest BCUT2D eigenvalue weighted by atomic mass is 19.4. The molecular formula is C11H11F5N2. The zero-order valence-electron chi connectivity index (χ0n) is 9.78. The Hall–Kier alpha value is -1.27. The number of hydrogen-bond donors (Lipinski definition) is 0. The molecule has 0 N–H and O–H groups in total. The van der Waals surface area contributed by atoms with Crippen LogP contribution in [0.2, 0.25) is 0 Å². The van der Waals surface area contributed by atoms with Crippen molar-refractivity contribution >= 4 is 0 Å². The molecule has 1 aromatic rings. The SMILES string of the molecule is CC(C)c1nc(C(F)(F)F)c2c(n1)C(F)(F)CC2. The Kier molecular flexibility index (Phi) is 2.82. The Labute approximate surface area is 100 Å². The van der Waals surface area contributed by atoms with Gasteiger partial charge in [-0.2, -0.15) is 22.0 Å². The van der Waals surface area contributed by atoms with Crippen LogP contribution in [0.5, 0.6) is 0 Å². The van der Waals surface area contributed by atoms with Crippen molar-refractivity contribution in [2.45, 2.75) is 44.7 Å². The fourth-order valence-electron chi connectivity index (χ4n) is 1.93. The van der Waals surface area contributed by atoms with Crippen LogP contribution in [-0.4, -0.2) is 9.97 Å². The third-order valence-electron chi connectivity index (χ3n) is 2.84. The summed E-state index contributed by atoms with van der Waals surface area (Å²) in [5, 5.41) is 0. The molecule has 0 aromatic carbocycles. The maximum Gasteiger partial charge on any atom is 0.433 e. The lowest BCUT2D eigenvalue weighted by atomic mass is 10.1. The van der Waals surface area contributed by atoms with E-state index in [9.17, 15) is 22.0 Å². The van der Waals surface area contributed by atoms with Crippen molar-refractivity contribution in [1.29, 1.82) is 0 Å². The van der Waals surface area contributed by atoms with Gasteiger partial charge >= 0.3 is 6.18 Å². The molecular weight excluding hydrogens is 255 g/mol. The largest absolute Gasteiger partial charge is 0.433 e. The topological polar surface area (TPSA) is 25.8 Å². The zero-order chi connectivity index (χ0) is 13.7. The van der Waals surface area contributed by atoms with Gasteiger partial charge in [-0.1, -0.05) is 13.8 Å². The van der Waals surface area contributed by atoms with Crippen molar-refractivity contribution in [2.24, 2.45) is 0 Å². The van der Waals surface area contributed by atoms with Crippen molar-refractivity contribution in [1.82, 2.24) is 9.97 Å². The first kappa shape index (κ1) is 13.2. The molecule has 0 atom stereocenters. The molecule has 1 aliphatic carbocycles. The Morgan fingerprint density at radius 2 is 1.78 bits per heavy atom. The minimum atomic E-state index is -4.73. The summed E-state index contributed by atoms with van der Waals surface area (Å²) in [6.07, 6.45) is -5.70. The first-order chi connectivity index (χ1) is 8.13. The quantitative estimate of drug-likeness (QED) is 0.725. The minimum absolute atomic E-state index is 0.192. The summed E-state index contributed by atoms with van der Waals surface area (Å²) in [7, 11) is 0. The summed E-state index contributed by atoms with van der Waals surface area (Å²) in [6.45, 7) is 3.13. The smallest absolute Gasteiger partial charge is 0.231 e. The van der Waals surface area contributed by atoms with Gasteiger partial charge < -0.3 is 0 Å². The predicted molar refractivity (Wildman–Crippen MR) is 53.3 cm³/mol. The Bertz CT molecular complexity index is 479. The lowest BCUT2D eigenvalue weighted by molar-refractivity contribution is -0.142. The van der Waals surface area contributed by atoms with Crippen molar-refractivity contribution in [3.8, 4) is 0 Å². The van der Waals surface area contributed by atoms with Crippen LogP contribution in [0.25, 0.3) is 0 Å². The molecule has 0 saturated carbocycles. The van der Waals surface area contributed by atoms with E-state index in [-0.39, 0.29) is 12.2 Å². The highest BCUT2D eigenvalue weighted by molar-refractivity contribution is 5.35. The minimum Gasteiger partial charge on any atom is -0.231 e. The molecule has 0 saturated heterocycles. The molecule has 7 heteroatoms. The number of fused-ring (bicyclic) bond motifs is 1. The van der Waals surface area contributed by atoms with Gasteiger partial charge in [0.05, 0.1) is 0 Å². The van der Waals surface area contributed by atoms with Crippen LogP contribution in [0.3, 0.4) is 0 Å². The molecule has 0 aliphatic heterocycles. The van der Waals surface area contributed by atoms with E-state index in [1.807, 2.05) is 0 Å². The van der Waals surface area contributed by atoms with Gasteiger partial charge in [0.25, 0.3) is 5.92 Å². The molecule has 2 rings (SSSR count). The Morgan fingerprint density at radius 3 is 2.28 bits per heavy atom. The predicted octanol–water partition coefficient (Wildman–Crippen LogP) is 3.66. The summed E-state index contributed by atoms with van der Waals surface area (Å²) in [4.78, 5) is 7.03. The molecule has 0 bridgehead atoms. The molecule has 1 heterocycles. The van der Waals surface area contributed by atoms with Gasteiger partial charge in [0.2, 0.25) is 0 Å². The van der Waals surface area contributed by atoms with Gasteiger partial charge in [-0.05, 0) is 6.42 Å². The number of rotatable bonds is 1. The highest BCUT2D eigenvalue weighted by Gasteiger charge is 2.47. The standard InChI is InChI=1S/C11H11F5N2/c1-5(2)9-17-7-6(3-4-10(7,12)13)8(18-9)11(14,15)16/h5H,3-4H2,1-2H3. The maximum atomic E-state index is 13.5. The average molecular weight is 266 g/mol. The zero-order valence-corrected chi connectivity index (χ0v) is 9.78.